The third-order valence-corrected chi connectivity index (χ3v) is 3.86. The molecule has 18 heavy (non-hydrogen) atoms. The van der Waals surface area contributed by atoms with Gasteiger partial charge in [-0.25, -0.2) is 13.4 Å². The van der Waals surface area contributed by atoms with Crippen molar-refractivity contribution in [2.45, 2.75) is 18.7 Å². The summed E-state index contributed by atoms with van der Waals surface area (Å²) >= 11 is 0. The van der Waals surface area contributed by atoms with Crippen LogP contribution in [0.25, 0.3) is 10.9 Å². The Balaban J connectivity index is 2.63. The largest absolute Gasteiger partial charge is 0.370 e. The molecule has 4 nitrogen and oxygen atoms in total. The highest BCUT2D eigenvalue weighted by Crippen LogP contribution is 2.22. The van der Waals surface area contributed by atoms with Crippen molar-refractivity contribution in [3.05, 3.63) is 29.8 Å². The molecule has 0 aliphatic carbocycles. The monoisotopic (exact) mass is 264 g/mol. The van der Waals surface area contributed by atoms with E-state index in [1.807, 2.05) is 19.9 Å². The highest BCUT2D eigenvalue weighted by Gasteiger charge is 2.09. The number of sulfone groups is 1. The number of nitrogens with one attached hydrogen (secondary N) is 1. The fourth-order valence-corrected chi connectivity index (χ4v) is 2.49. The normalized spacial score (nSPS) is 11.7. The van der Waals surface area contributed by atoms with Gasteiger partial charge in [0.2, 0.25) is 0 Å². The lowest BCUT2D eigenvalue weighted by Gasteiger charge is -2.09. The van der Waals surface area contributed by atoms with Gasteiger partial charge in [0.1, 0.15) is 5.82 Å². The number of aryl methyl sites for hydroxylation is 1. The summed E-state index contributed by atoms with van der Waals surface area (Å²) in [7, 11) is -3.17. The third-order valence-electron chi connectivity index (χ3n) is 2.75. The van der Waals surface area contributed by atoms with Gasteiger partial charge in [0.25, 0.3) is 0 Å². The van der Waals surface area contributed by atoms with Gasteiger partial charge >= 0.3 is 0 Å². The molecule has 0 unspecified atom stereocenters. The summed E-state index contributed by atoms with van der Waals surface area (Å²) in [6, 6.07) is 6.96. The van der Waals surface area contributed by atoms with Gasteiger partial charge in [0.05, 0.1) is 10.4 Å². The van der Waals surface area contributed by atoms with Crippen LogP contribution in [0.4, 0.5) is 5.82 Å². The van der Waals surface area contributed by atoms with E-state index in [1.54, 1.807) is 18.2 Å². The Labute approximate surface area is 107 Å². The molecular weight excluding hydrogens is 248 g/mol. The van der Waals surface area contributed by atoms with E-state index in [9.17, 15) is 8.42 Å². The molecule has 2 rings (SSSR count). The molecule has 96 valence electrons. The lowest BCUT2D eigenvalue weighted by atomic mass is 10.1. The fraction of sp³-hybridized carbons (Fsp3) is 0.308. The minimum Gasteiger partial charge on any atom is -0.370 e. The molecule has 0 spiro atoms. The second kappa shape index (κ2) is 4.57. The molecule has 0 amide bonds. The predicted octanol–water partition coefficient (Wildman–Crippen LogP) is 2.38. The number of pyridine rings is 1. The lowest BCUT2D eigenvalue weighted by Crippen LogP contribution is -2.02. The highest BCUT2D eigenvalue weighted by atomic mass is 32.2. The number of hydrogen-bond donors (Lipinski definition) is 1. The Morgan fingerprint density at radius 1 is 1.28 bits per heavy atom. The van der Waals surface area contributed by atoms with Crippen molar-refractivity contribution < 1.29 is 8.42 Å². The van der Waals surface area contributed by atoms with E-state index in [1.165, 1.54) is 6.26 Å². The Morgan fingerprint density at radius 3 is 2.61 bits per heavy atom. The van der Waals surface area contributed by atoms with Crippen LogP contribution in [-0.2, 0) is 9.84 Å². The minimum absolute atomic E-state index is 0.326. The van der Waals surface area contributed by atoms with E-state index >= 15 is 0 Å². The number of benzene rings is 1. The molecule has 0 fully saturated rings. The van der Waals surface area contributed by atoms with E-state index in [0.717, 1.165) is 28.8 Å². The molecule has 0 aliphatic rings. The van der Waals surface area contributed by atoms with E-state index in [-0.39, 0.29) is 0 Å². The van der Waals surface area contributed by atoms with Crippen LogP contribution in [0.15, 0.2) is 29.2 Å². The first-order valence-corrected chi connectivity index (χ1v) is 7.66. The van der Waals surface area contributed by atoms with Crippen LogP contribution in [0.2, 0.25) is 0 Å². The van der Waals surface area contributed by atoms with Gasteiger partial charge in [-0.3, -0.25) is 0 Å². The quantitative estimate of drug-likeness (QED) is 0.924. The molecule has 0 bridgehead atoms. The predicted molar refractivity (Wildman–Crippen MR) is 73.8 cm³/mol. The van der Waals surface area contributed by atoms with Crippen molar-refractivity contribution in [2.75, 3.05) is 18.1 Å². The Kier molecular flexibility index (Phi) is 3.26. The molecule has 0 atom stereocenters. The zero-order chi connectivity index (χ0) is 13.3. The molecule has 1 heterocycles. The maximum absolute atomic E-state index is 11.5. The standard InChI is InChI=1S/C13H16N2O2S/c1-4-14-13-9(2)7-10-8-11(18(3,16)17)5-6-12(10)15-13/h5-8H,4H2,1-3H3,(H,14,15). The number of rotatable bonds is 3. The molecule has 2 aromatic rings. The van der Waals surface area contributed by atoms with E-state index in [4.69, 9.17) is 0 Å². The summed E-state index contributed by atoms with van der Waals surface area (Å²) in [4.78, 5) is 4.81. The first kappa shape index (κ1) is 12.8. The summed E-state index contributed by atoms with van der Waals surface area (Å²) in [5.41, 5.74) is 1.80. The summed E-state index contributed by atoms with van der Waals surface area (Å²) < 4.78 is 23.0. The van der Waals surface area contributed by atoms with Gasteiger partial charge in [-0.1, -0.05) is 0 Å². The van der Waals surface area contributed by atoms with Gasteiger partial charge in [-0.2, -0.15) is 0 Å². The molecule has 0 saturated heterocycles. The van der Waals surface area contributed by atoms with E-state index in [2.05, 4.69) is 10.3 Å². The van der Waals surface area contributed by atoms with E-state index < -0.39 is 9.84 Å². The van der Waals surface area contributed by atoms with Crippen molar-refractivity contribution in [1.82, 2.24) is 4.98 Å². The average molecular weight is 264 g/mol. The second-order valence-electron chi connectivity index (χ2n) is 4.31. The maximum Gasteiger partial charge on any atom is 0.175 e. The minimum atomic E-state index is -3.17. The summed E-state index contributed by atoms with van der Waals surface area (Å²) in [5.74, 6) is 0.845. The lowest BCUT2D eigenvalue weighted by molar-refractivity contribution is 0.602. The van der Waals surface area contributed by atoms with Crippen LogP contribution < -0.4 is 5.32 Å². The number of hydrogen-bond acceptors (Lipinski definition) is 4. The van der Waals surface area contributed by atoms with Gasteiger partial charge in [-0.05, 0) is 43.7 Å². The number of aromatic nitrogens is 1. The molecular formula is C13H16N2O2S. The number of anilines is 1. The van der Waals surface area contributed by atoms with Gasteiger partial charge in [0.15, 0.2) is 9.84 Å². The first-order chi connectivity index (χ1) is 8.41. The van der Waals surface area contributed by atoms with Crippen molar-refractivity contribution in [2.24, 2.45) is 0 Å². The maximum atomic E-state index is 11.5. The molecule has 0 radical (unpaired) electrons. The van der Waals surface area contributed by atoms with Gasteiger partial charge in [-0.15, -0.1) is 0 Å². The van der Waals surface area contributed by atoms with Crippen molar-refractivity contribution in [1.29, 1.82) is 0 Å². The smallest absolute Gasteiger partial charge is 0.175 e. The molecule has 0 saturated carbocycles. The molecule has 1 aromatic carbocycles. The van der Waals surface area contributed by atoms with Gasteiger partial charge < -0.3 is 5.32 Å². The SMILES string of the molecule is CCNc1nc2ccc(S(C)(=O)=O)cc2cc1C. The van der Waals surface area contributed by atoms with Gasteiger partial charge in [0, 0.05) is 18.2 Å². The van der Waals surface area contributed by atoms with Crippen LogP contribution in [0.5, 0.6) is 0 Å². The van der Waals surface area contributed by atoms with Crippen LogP contribution in [0, 0.1) is 6.92 Å². The van der Waals surface area contributed by atoms with Crippen LogP contribution in [0.1, 0.15) is 12.5 Å². The van der Waals surface area contributed by atoms with Crippen molar-refractivity contribution >= 4 is 26.6 Å². The fourth-order valence-electron chi connectivity index (χ4n) is 1.84. The third kappa shape index (κ3) is 2.46. The van der Waals surface area contributed by atoms with E-state index in [0.29, 0.717) is 4.90 Å². The molecule has 5 heteroatoms. The molecule has 1 aromatic heterocycles. The number of fused-ring (bicyclic) bond motifs is 1. The second-order valence-corrected chi connectivity index (χ2v) is 6.33. The summed E-state index contributed by atoms with van der Waals surface area (Å²) in [6.07, 6.45) is 1.21. The zero-order valence-corrected chi connectivity index (χ0v) is 11.5. The zero-order valence-electron chi connectivity index (χ0n) is 10.7. The topological polar surface area (TPSA) is 59.1 Å². The summed E-state index contributed by atoms with van der Waals surface area (Å²) in [6.45, 7) is 4.77. The summed E-state index contributed by atoms with van der Waals surface area (Å²) in [5, 5.41) is 4.03. The Hall–Kier alpha value is -1.62. The highest BCUT2D eigenvalue weighted by molar-refractivity contribution is 7.90. The van der Waals surface area contributed by atoms with Crippen LogP contribution in [-0.4, -0.2) is 26.2 Å². The Bertz CT molecular complexity index is 693. The molecule has 1 N–H and O–H groups in total. The van der Waals surface area contributed by atoms with Crippen LogP contribution >= 0.6 is 0 Å². The first-order valence-electron chi connectivity index (χ1n) is 5.77. The molecule has 0 aliphatic heterocycles. The Morgan fingerprint density at radius 2 is 2.00 bits per heavy atom. The van der Waals surface area contributed by atoms with Crippen LogP contribution in [0.3, 0.4) is 0 Å². The average Bonchev–Trinajstić information content (AvgIpc) is 2.28. The van der Waals surface area contributed by atoms with Crippen molar-refractivity contribution in [3.63, 3.8) is 0 Å². The van der Waals surface area contributed by atoms with Crippen molar-refractivity contribution in [3.8, 4) is 0 Å². The number of nitrogens with zero attached hydrogens (tertiary/aromatic N) is 1.